The highest BCUT2D eigenvalue weighted by Crippen LogP contribution is 2.45. The van der Waals surface area contributed by atoms with E-state index in [1.165, 1.54) is 0 Å². The Bertz CT molecular complexity index is 781. The molecule has 8 heteroatoms. The van der Waals surface area contributed by atoms with Gasteiger partial charge in [0.15, 0.2) is 20.4 Å². The van der Waals surface area contributed by atoms with Crippen molar-refractivity contribution in [1.29, 1.82) is 0 Å². The van der Waals surface area contributed by atoms with E-state index >= 15 is 0 Å². The number of ketones is 1. The molecule has 1 N–H and O–H groups in total. The molecule has 0 amide bonds. The highest BCUT2D eigenvalue weighted by molar-refractivity contribution is 6.74. The highest BCUT2D eigenvalue weighted by Gasteiger charge is 2.48. The first-order valence-electron chi connectivity index (χ1n) is 13.9. The van der Waals surface area contributed by atoms with Crippen LogP contribution in [0.4, 0.5) is 0 Å². The number of carboxylic acids is 1. The van der Waals surface area contributed by atoms with Crippen molar-refractivity contribution in [3.05, 3.63) is 11.6 Å². The lowest BCUT2D eigenvalue weighted by Crippen LogP contribution is -2.44. The Kier molecular flexibility index (Phi) is 10.4. The van der Waals surface area contributed by atoms with Crippen LogP contribution < -0.4 is 0 Å². The maximum absolute atomic E-state index is 12.0. The zero-order valence-electron chi connectivity index (χ0n) is 23.2. The number of hydrogen-bond acceptors (Lipinski definition) is 6. The van der Waals surface area contributed by atoms with Crippen LogP contribution in [0.15, 0.2) is 11.6 Å². The van der Waals surface area contributed by atoms with Crippen LogP contribution >= 0.6 is 0 Å². The van der Waals surface area contributed by atoms with Crippen LogP contribution in [-0.4, -0.2) is 63.5 Å². The molecular formula is C28H48O7Si. The third-order valence-corrected chi connectivity index (χ3v) is 13.3. The summed E-state index contributed by atoms with van der Waals surface area (Å²) in [4.78, 5) is 23.5. The Balaban J connectivity index is 1.69. The maximum atomic E-state index is 12.0. The molecule has 0 radical (unpaired) electrons. The Morgan fingerprint density at radius 2 is 1.86 bits per heavy atom. The summed E-state index contributed by atoms with van der Waals surface area (Å²) >= 11 is 0. The van der Waals surface area contributed by atoms with E-state index in [0.717, 1.165) is 45.1 Å². The molecule has 7 nitrogen and oxygen atoms in total. The minimum Gasteiger partial charge on any atom is -0.478 e. The van der Waals surface area contributed by atoms with Gasteiger partial charge in [-0.1, -0.05) is 33.8 Å². The van der Waals surface area contributed by atoms with Gasteiger partial charge in [-0.25, -0.2) is 4.79 Å². The van der Waals surface area contributed by atoms with Crippen LogP contribution in [0.2, 0.25) is 18.1 Å². The second-order valence-corrected chi connectivity index (χ2v) is 17.2. The molecule has 1 aliphatic carbocycles. The minimum absolute atomic E-state index is 0.0603. The van der Waals surface area contributed by atoms with E-state index in [-0.39, 0.29) is 53.1 Å². The van der Waals surface area contributed by atoms with E-state index in [4.69, 9.17) is 18.6 Å². The standard InChI is InChI=1S/C28H48O7Si/c1-7-23(29)21(27(30)31)14-12-19-11-13-20-22(18-34-36(5,6)28(2,3)4)25(16-24(20)33-17-19)35-26-10-8-9-15-32-26/h14,19-20,22,24-26H,7-13,15-18H2,1-6H3,(H,30,31)/b21-14+/t19-,20-,22-,24+,25-,26?/m1/s1. The highest BCUT2D eigenvalue weighted by atomic mass is 28.4. The maximum Gasteiger partial charge on any atom is 0.338 e. The first kappa shape index (κ1) is 29.5. The van der Waals surface area contributed by atoms with Crippen molar-refractivity contribution in [3.8, 4) is 0 Å². The molecule has 2 saturated heterocycles. The van der Waals surface area contributed by atoms with Crippen molar-refractivity contribution in [2.45, 2.75) is 116 Å². The van der Waals surface area contributed by atoms with Gasteiger partial charge in [-0.15, -0.1) is 0 Å². The summed E-state index contributed by atoms with van der Waals surface area (Å²) in [6, 6.07) is 0. The van der Waals surface area contributed by atoms with E-state index in [1.54, 1.807) is 13.0 Å². The molecule has 3 aliphatic rings. The summed E-state index contributed by atoms with van der Waals surface area (Å²) in [5.74, 6) is -0.658. The van der Waals surface area contributed by atoms with Gasteiger partial charge >= 0.3 is 5.97 Å². The normalized spacial score (nSPS) is 32.1. The van der Waals surface area contributed by atoms with Gasteiger partial charge in [0, 0.05) is 32.0 Å². The lowest BCUT2D eigenvalue weighted by atomic mass is 9.87. The van der Waals surface area contributed by atoms with Crippen LogP contribution in [0.25, 0.3) is 0 Å². The van der Waals surface area contributed by atoms with Crippen molar-refractivity contribution in [2.24, 2.45) is 17.8 Å². The number of ether oxygens (including phenoxy) is 3. The van der Waals surface area contributed by atoms with Crippen molar-refractivity contribution < 1.29 is 33.3 Å². The average molecular weight is 525 g/mol. The average Bonchev–Trinajstić information content (AvgIpc) is 3.01. The van der Waals surface area contributed by atoms with Gasteiger partial charge in [-0.2, -0.15) is 0 Å². The molecular weight excluding hydrogens is 476 g/mol. The Morgan fingerprint density at radius 1 is 1.11 bits per heavy atom. The van der Waals surface area contributed by atoms with Gasteiger partial charge in [0.25, 0.3) is 0 Å². The summed E-state index contributed by atoms with van der Waals surface area (Å²) in [6.07, 6.45) is 8.34. The van der Waals surface area contributed by atoms with Crippen LogP contribution in [0.5, 0.6) is 0 Å². The predicted octanol–water partition coefficient (Wildman–Crippen LogP) is 5.73. The van der Waals surface area contributed by atoms with Crippen molar-refractivity contribution in [2.75, 3.05) is 19.8 Å². The third-order valence-electron chi connectivity index (χ3n) is 8.84. The first-order valence-corrected chi connectivity index (χ1v) is 16.8. The molecule has 2 heterocycles. The van der Waals surface area contributed by atoms with Gasteiger partial charge in [-0.3, -0.25) is 4.79 Å². The fourth-order valence-corrected chi connectivity index (χ4v) is 6.44. The summed E-state index contributed by atoms with van der Waals surface area (Å²) in [6.45, 7) is 15.1. The van der Waals surface area contributed by atoms with Gasteiger partial charge in [0.1, 0.15) is 0 Å². The van der Waals surface area contributed by atoms with Crippen molar-refractivity contribution in [1.82, 2.24) is 0 Å². The molecule has 0 aromatic heterocycles. The third kappa shape index (κ3) is 7.50. The smallest absolute Gasteiger partial charge is 0.338 e. The summed E-state index contributed by atoms with van der Waals surface area (Å²) in [5.41, 5.74) is -0.0940. The lowest BCUT2D eigenvalue weighted by molar-refractivity contribution is -0.198. The molecule has 2 aliphatic heterocycles. The molecule has 36 heavy (non-hydrogen) atoms. The topological polar surface area (TPSA) is 91.3 Å². The zero-order valence-corrected chi connectivity index (χ0v) is 24.2. The van der Waals surface area contributed by atoms with Crippen molar-refractivity contribution >= 4 is 20.1 Å². The molecule has 0 aromatic rings. The minimum atomic E-state index is -1.91. The van der Waals surface area contributed by atoms with Gasteiger partial charge in [0.05, 0.1) is 24.4 Å². The van der Waals surface area contributed by atoms with Crippen LogP contribution in [-0.2, 0) is 28.2 Å². The monoisotopic (exact) mass is 524 g/mol. The number of rotatable bonds is 10. The summed E-state index contributed by atoms with van der Waals surface area (Å²) in [5, 5.41) is 9.56. The van der Waals surface area contributed by atoms with E-state index in [2.05, 4.69) is 33.9 Å². The number of carbonyl (C=O) groups excluding carboxylic acids is 1. The van der Waals surface area contributed by atoms with E-state index < -0.39 is 14.3 Å². The number of hydrogen-bond donors (Lipinski definition) is 1. The van der Waals surface area contributed by atoms with Crippen LogP contribution in [0, 0.1) is 17.8 Å². The molecule has 3 rings (SSSR count). The molecule has 0 aromatic carbocycles. The van der Waals surface area contributed by atoms with E-state index in [9.17, 15) is 14.7 Å². The molecule has 6 atom stereocenters. The molecule has 206 valence electrons. The summed E-state index contributed by atoms with van der Waals surface area (Å²) in [7, 11) is -1.91. The van der Waals surface area contributed by atoms with E-state index in [0.29, 0.717) is 25.6 Å². The Labute approximate surface area is 218 Å². The second kappa shape index (κ2) is 12.7. The first-order chi connectivity index (χ1) is 16.9. The van der Waals surface area contributed by atoms with Crippen LogP contribution in [0.3, 0.4) is 0 Å². The van der Waals surface area contributed by atoms with Crippen molar-refractivity contribution in [3.63, 3.8) is 0 Å². The molecule has 3 fully saturated rings. The Morgan fingerprint density at radius 3 is 2.47 bits per heavy atom. The number of allylic oxidation sites excluding steroid dienone is 1. The number of aliphatic carboxylic acids is 1. The van der Waals surface area contributed by atoms with E-state index in [1.807, 2.05) is 0 Å². The largest absolute Gasteiger partial charge is 0.478 e. The predicted molar refractivity (Wildman–Crippen MR) is 141 cm³/mol. The number of carboxylic acid groups (broad SMARTS) is 1. The zero-order chi connectivity index (χ0) is 26.5. The fourth-order valence-electron chi connectivity index (χ4n) is 5.40. The number of carbonyl (C=O) groups is 2. The lowest BCUT2D eigenvalue weighted by Gasteiger charge is -2.38. The van der Waals surface area contributed by atoms with Gasteiger partial charge < -0.3 is 23.7 Å². The van der Waals surface area contributed by atoms with Gasteiger partial charge in [0.2, 0.25) is 0 Å². The Hall–Kier alpha value is -1.06. The number of fused-ring (bicyclic) bond motifs is 1. The summed E-state index contributed by atoms with van der Waals surface area (Å²) < 4.78 is 25.6. The molecule has 1 unspecified atom stereocenters. The molecule has 1 saturated carbocycles. The SMILES string of the molecule is CCC(=O)/C(=C\C[C@H]1CC[C@@H]2[C@@H](CO[Si](C)(C)C(C)(C)C)[C@H](OC3CCCCO3)C[C@@H]2OC1)C(=O)O. The fraction of sp³-hybridized carbons (Fsp3) is 0.857. The number of Topliss-reactive ketones (excluding diaryl/α,β-unsaturated/α-hetero) is 1. The second-order valence-electron chi connectivity index (χ2n) is 12.4. The molecule has 0 bridgehead atoms. The van der Waals surface area contributed by atoms with Gasteiger partial charge in [-0.05, 0) is 68.5 Å². The molecule has 0 spiro atoms. The quantitative estimate of drug-likeness (QED) is 0.169. The van der Waals surface area contributed by atoms with Crippen LogP contribution in [0.1, 0.15) is 79.1 Å².